The Morgan fingerprint density at radius 2 is 2.03 bits per heavy atom. The highest BCUT2D eigenvalue weighted by Crippen LogP contribution is 2.39. The molecule has 3 rings (SSSR count). The van der Waals surface area contributed by atoms with E-state index in [1.54, 1.807) is 18.0 Å². The lowest BCUT2D eigenvalue weighted by Crippen LogP contribution is -2.29. The number of alkyl halides is 3. The second-order valence-electron chi connectivity index (χ2n) is 9.12. The van der Waals surface area contributed by atoms with Crippen LogP contribution in [0.3, 0.4) is 0 Å². The smallest absolute Gasteiger partial charge is 0.351 e. The van der Waals surface area contributed by atoms with E-state index in [4.69, 9.17) is 5.41 Å². The van der Waals surface area contributed by atoms with E-state index in [9.17, 15) is 17.6 Å². The molecular weight excluding hydrogens is 464 g/mol. The summed E-state index contributed by atoms with van der Waals surface area (Å²) in [4.78, 5) is 8.63. The fourth-order valence-corrected chi connectivity index (χ4v) is 5.35. The van der Waals surface area contributed by atoms with E-state index in [0.717, 1.165) is 67.7 Å². The van der Waals surface area contributed by atoms with Gasteiger partial charge in [-0.15, -0.1) is 11.8 Å². The van der Waals surface area contributed by atoms with Crippen molar-refractivity contribution >= 4 is 23.8 Å². The van der Waals surface area contributed by atoms with Crippen LogP contribution < -0.4 is 0 Å². The van der Waals surface area contributed by atoms with Gasteiger partial charge in [0, 0.05) is 37.0 Å². The van der Waals surface area contributed by atoms with E-state index in [1.165, 1.54) is 6.07 Å². The maximum Gasteiger partial charge on any atom is 0.416 e. The van der Waals surface area contributed by atoms with Crippen molar-refractivity contribution in [2.45, 2.75) is 51.6 Å². The lowest BCUT2D eigenvalue weighted by Gasteiger charge is -2.23. The number of halogens is 4. The van der Waals surface area contributed by atoms with Gasteiger partial charge in [-0.05, 0) is 82.0 Å². The van der Waals surface area contributed by atoms with Gasteiger partial charge in [-0.25, -0.2) is 4.39 Å². The van der Waals surface area contributed by atoms with Gasteiger partial charge < -0.3 is 9.80 Å². The van der Waals surface area contributed by atoms with Gasteiger partial charge in [0.15, 0.2) is 0 Å². The zero-order valence-electron chi connectivity index (χ0n) is 20.1. The summed E-state index contributed by atoms with van der Waals surface area (Å²) in [5, 5.41) is 8.60. The van der Waals surface area contributed by atoms with E-state index in [0.29, 0.717) is 29.9 Å². The third-order valence-corrected chi connectivity index (χ3v) is 7.57. The normalized spacial score (nSPS) is 20.1. The van der Waals surface area contributed by atoms with Gasteiger partial charge in [-0.3, -0.25) is 10.4 Å². The van der Waals surface area contributed by atoms with Crippen molar-refractivity contribution in [3.63, 3.8) is 0 Å². The summed E-state index contributed by atoms with van der Waals surface area (Å²) in [6.45, 7) is 6.24. The molecule has 0 aromatic heterocycles. The molecule has 1 unspecified atom stereocenters. The molecule has 1 saturated carbocycles. The van der Waals surface area contributed by atoms with Gasteiger partial charge in [-0.2, -0.15) is 13.2 Å². The maximum absolute atomic E-state index is 14.3. The molecule has 2 aliphatic rings. The Hall–Kier alpha value is -1.87. The summed E-state index contributed by atoms with van der Waals surface area (Å²) in [5.74, 6) is 1.87. The van der Waals surface area contributed by atoms with Crippen LogP contribution in [0.4, 0.5) is 17.6 Å². The number of likely N-dealkylation sites (N-methyl/N-ethyl adjacent to an activating group) is 1. The Bertz CT molecular complexity index is 924. The minimum atomic E-state index is -4.52. The minimum Gasteiger partial charge on any atom is -0.351 e. The molecule has 1 aromatic rings. The number of thioether (sulfide) groups is 1. The molecule has 1 atom stereocenters. The molecule has 1 heterocycles. The molecule has 1 aromatic carbocycles. The van der Waals surface area contributed by atoms with Crippen molar-refractivity contribution < 1.29 is 17.6 Å². The van der Waals surface area contributed by atoms with Crippen molar-refractivity contribution in [2.24, 2.45) is 10.9 Å². The Balaban J connectivity index is 1.40. The van der Waals surface area contributed by atoms with Crippen LogP contribution in [0.1, 0.15) is 56.6 Å². The third-order valence-electron chi connectivity index (χ3n) is 6.42. The molecule has 4 nitrogen and oxygen atoms in total. The highest BCUT2D eigenvalue weighted by molar-refractivity contribution is 7.99. The largest absolute Gasteiger partial charge is 0.416 e. The molecule has 9 heteroatoms. The SMILES string of the molecule is CC=N/C(C)=C(/C(=N)N(C)CSCCCN1CCC(c2ccc(C(F)(F)F)cc2F)C1)C1CC1. The third kappa shape index (κ3) is 7.07. The molecule has 0 radical (unpaired) electrons. The average Bonchev–Trinajstić information content (AvgIpc) is 3.49. The van der Waals surface area contributed by atoms with E-state index in [2.05, 4.69) is 9.89 Å². The first kappa shape index (κ1) is 26.7. The number of aliphatic imine (C=N–C) groups is 1. The highest BCUT2D eigenvalue weighted by Gasteiger charge is 2.33. The maximum atomic E-state index is 14.3. The zero-order valence-corrected chi connectivity index (χ0v) is 20.9. The van der Waals surface area contributed by atoms with Gasteiger partial charge in [-0.1, -0.05) is 6.07 Å². The standard InChI is InChI=1S/C25H34F4N4S/c1-4-31-17(2)23(18-6-7-18)24(30)32(3)16-34-13-5-11-33-12-10-19(15-33)21-9-8-20(14-22(21)26)25(27,28)29/h4,8-9,14,18-19,30H,5-7,10-13,15-16H2,1-3H3/b23-17+,30-24?,31-4?. The summed E-state index contributed by atoms with van der Waals surface area (Å²) in [5.41, 5.74) is 1.43. The Morgan fingerprint density at radius 1 is 1.29 bits per heavy atom. The lowest BCUT2D eigenvalue weighted by molar-refractivity contribution is -0.137. The number of nitrogens with one attached hydrogen (secondary N) is 1. The molecule has 0 bridgehead atoms. The summed E-state index contributed by atoms with van der Waals surface area (Å²) in [6, 6.07) is 2.89. The van der Waals surface area contributed by atoms with Crippen LogP contribution in [0, 0.1) is 17.1 Å². The van der Waals surface area contributed by atoms with E-state index in [1.807, 2.05) is 25.8 Å². The van der Waals surface area contributed by atoms with Crippen molar-refractivity contribution in [1.29, 1.82) is 5.41 Å². The van der Waals surface area contributed by atoms with Crippen LogP contribution in [-0.2, 0) is 6.18 Å². The van der Waals surface area contributed by atoms with E-state index in [-0.39, 0.29) is 5.92 Å². The average molecular weight is 499 g/mol. The number of rotatable bonds is 10. The van der Waals surface area contributed by atoms with Crippen LogP contribution in [0.5, 0.6) is 0 Å². The first-order valence-electron chi connectivity index (χ1n) is 11.8. The van der Waals surface area contributed by atoms with Gasteiger partial charge in [0.1, 0.15) is 11.7 Å². The number of benzene rings is 1. The zero-order chi connectivity index (χ0) is 24.9. The van der Waals surface area contributed by atoms with Gasteiger partial charge in [0.25, 0.3) is 0 Å². The monoisotopic (exact) mass is 498 g/mol. The molecular formula is C25H34F4N4S. The van der Waals surface area contributed by atoms with Crippen LogP contribution in [0.2, 0.25) is 0 Å². The topological polar surface area (TPSA) is 42.7 Å². The second kappa shape index (κ2) is 11.7. The molecule has 1 aliphatic heterocycles. The molecule has 1 saturated heterocycles. The van der Waals surface area contributed by atoms with Gasteiger partial charge in [0.2, 0.25) is 0 Å². The number of hydrogen-bond acceptors (Lipinski definition) is 4. The quantitative estimate of drug-likeness (QED) is 0.133. The van der Waals surface area contributed by atoms with Crippen LogP contribution in [-0.4, -0.2) is 60.2 Å². The fraction of sp³-hybridized carbons (Fsp3) is 0.600. The molecule has 0 amide bonds. The molecule has 0 spiro atoms. The van der Waals surface area contributed by atoms with Crippen molar-refractivity contribution in [3.8, 4) is 0 Å². The first-order chi connectivity index (χ1) is 16.1. The Morgan fingerprint density at radius 3 is 2.65 bits per heavy atom. The van der Waals surface area contributed by atoms with Gasteiger partial charge in [0.05, 0.1) is 11.4 Å². The predicted molar refractivity (Wildman–Crippen MR) is 132 cm³/mol. The molecule has 34 heavy (non-hydrogen) atoms. The molecule has 188 valence electrons. The fourth-order valence-electron chi connectivity index (χ4n) is 4.48. The minimum absolute atomic E-state index is 0.0665. The first-order valence-corrected chi connectivity index (χ1v) is 12.9. The second-order valence-corrected chi connectivity index (χ2v) is 10.2. The van der Waals surface area contributed by atoms with Crippen molar-refractivity contribution in [1.82, 2.24) is 9.80 Å². The van der Waals surface area contributed by atoms with E-state index < -0.39 is 17.6 Å². The molecule has 1 aliphatic carbocycles. The summed E-state index contributed by atoms with van der Waals surface area (Å²) < 4.78 is 52.6. The number of amidine groups is 1. The Labute approximate surface area is 204 Å². The Kier molecular flexibility index (Phi) is 9.20. The molecule has 2 fully saturated rings. The van der Waals surface area contributed by atoms with Crippen LogP contribution in [0.25, 0.3) is 0 Å². The lowest BCUT2D eigenvalue weighted by atomic mass is 9.96. The van der Waals surface area contributed by atoms with Crippen LogP contribution >= 0.6 is 11.8 Å². The summed E-state index contributed by atoms with van der Waals surface area (Å²) >= 11 is 1.78. The van der Waals surface area contributed by atoms with Gasteiger partial charge >= 0.3 is 6.18 Å². The summed E-state index contributed by atoms with van der Waals surface area (Å²) in [7, 11) is 1.95. The number of hydrogen-bond donors (Lipinski definition) is 1. The number of allylic oxidation sites excluding steroid dienone is 1. The van der Waals surface area contributed by atoms with Crippen molar-refractivity contribution in [3.05, 3.63) is 46.4 Å². The number of likely N-dealkylation sites (tertiary alicyclic amines) is 1. The predicted octanol–water partition coefficient (Wildman–Crippen LogP) is 6.40. The summed E-state index contributed by atoms with van der Waals surface area (Å²) in [6.07, 6.45) is 1.23. The van der Waals surface area contributed by atoms with Crippen molar-refractivity contribution in [2.75, 3.05) is 38.3 Å². The number of nitrogens with zero attached hydrogens (tertiary/aromatic N) is 3. The molecule has 1 N–H and O–H groups in total. The van der Waals surface area contributed by atoms with Crippen LogP contribution in [0.15, 0.2) is 34.5 Å². The highest BCUT2D eigenvalue weighted by atomic mass is 32.2. The van der Waals surface area contributed by atoms with E-state index >= 15 is 0 Å².